The molecule has 0 bridgehead atoms. The molecule has 0 rings (SSSR count). The van der Waals surface area contributed by atoms with Gasteiger partial charge >= 0.3 is 0 Å². The smallest absolute Gasteiger partial charge is 0.0622 e. The van der Waals surface area contributed by atoms with Crippen LogP contribution < -0.4 is 0 Å². The summed E-state index contributed by atoms with van der Waals surface area (Å²) in [6.45, 7) is 0. The maximum atomic E-state index is 7.89. The fourth-order valence-electron chi connectivity index (χ4n) is 0.146. The Hall–Kier alpha value is -0.220. The minimum Gasteiger partial charge on any atom is -0.198 e. The van der Waals surface area contributed by atoms with Crippen LogP contribution in [0.2, 0.25) is 0 Å². The maximum Gasteiger partial charge on any atom is 0.0622 e. The van der Waals surface area contributed by atoms with Crippen molar-refractivity contribution in [1.29, 1.82) is 5.26 Å². The zero-order valence-electron chi connectivity index (χ0n) is 3.45. The Labute approximate surface area is 42.5 Å². The lowest BCUT2D eigenvalue weighted by atomic mass is 10.5. The number of unbranched alkanes of at least 4 members (excludes halogenated alkanes) is 1. The van der Waals surface area contributed by atoms with Crippen molar-refractivity contribution in [2.75, 3.05) is 5.88 Å². The summed E-state index contributed by atoms with van der Waals surface area (Å²) in [5.74, 6) is 0.605. The van der Waals surface area contributed by atoms with Gasteiger partial charge in [-0.25, -0.2) is 0 Å². The second kappa shape index (κ2) is 4.78. The molecular formula is C4H6ClN. The molecule has 0 aromatic carbocycles. The third-order valence-electron chi connectivity index (χ3n) is 0.422. The standard InChI is InChI=1S/C4H6ClN/c5-3-1-2-4-6/h1-3H2/i4+1. The van der Waals surface area contributed by atoms with E-state index in [-0.39, 0.29) is 0 Å². The largest absolute Gasteiger partial charge is 0.198 e. The first-order valence-electron chi connectivity index (χ1n) is 1.84. The van der Waals surface area contributed by atoms with Crippen LogP contribution in [0, 0.1) is 11.3 Å². The lowest BCUT2D eigenvalue weighted by Crippen LogP contribution is -1.68. The fraction of sp³-hybridized carbons (Fsp3) is 0.750. The van der Waals surface area contributed by atoms with E-state index in [1.165, 1.54) is 0 Å². The van der Waals surface area contributed by atoms with Gasteiger partial charge < -0.3 is 0 Å². The highest BCUT2D eigenvalue weighted by Gasteiger charge is 1.76. The van der Waals surface area contributed by atoms with E-state index in [2.05, 4.69) is 0 Å². The lowest BCUT2D eigenvalue weighted by Gasteiger charge is -1.75. The molecule has 0 unspecified atom stereocenters. The molecule has 0 N–H and O–H groups in total. The van der Waals surface area contributed by atoms with Crippen LogP contribution in [0.1, 0.15) is 12.8 Å². The second-order valence-corrected chi connectivity index (χ2v) is 1.33. The Kier molecular flexibility index (Phi) is 4.60. The maximum absolute atomic E-state index is 7.89. The molecule has 0 aliphatic rings. The molecule has 2 heteroatoms. The number of hydrogen-bond donors (Lipinski definition) is 0. The molecule has 0 amide bonds. The topological polar surface area (TPSA) is 23.8 Å². The Morgan fingerprint density at radius 2 is 2.33 bits per heavy atom. The Morgan fingerprint density at radius 3 is 2.50 bits per heavy atom. The highest BCUT2D eigenvalue weighted by Crippen LogP contribution is 1.86. The molecule has 6 heavy (non-hydrogen) atoms. The zero-order valence-corrected chi connectivity index (χ0v) is 4.20. The van der Waals surface area contributed by atoms with Gasteiger partial charge in [0.2, 0.25) is 0 Å². The van der Waals surface area contributed by atoms with E-state index in [4.69, 9.17) is 16.9 Å². The summed E-state index contributed by atoms with van der Waals surface area (Å²) in [5, 5.41) is 7.89. The predicted molar refractivity (Wildman–Crippen MR) is 25.6 cm³/mol. The molecular weight excluding hydrogens is 98.5 g/mol. The monoisotopic (exact) mass is 104 g/mol. The first kappa shape index (κ1) is 5.78. The summed E-state index contributed by atoms with van der Waals surface area (Å²) in [7, 11) is 0. The first-order valence-corrected chi connectivity index (χ1v) is 2.38. The van der Waals surface area contributed by atoms with E-state index < -0.39 is 0 Å². The molecule has 0 radical (unpaired) electrons. The first-order chi connectivity index (χ1) is 2.91. The van der Waals surface area contributed by atoms with Crippen molar-refractivity contribution in [2.24, 2.45) is 0 Å². The third kappa shape index (κ3) is 3.78. The number of nitrogens with zero attached hydrogens (tertiary/aromatic N) is 1. The highest BCUT2D eigenvalue weighted by atomic mass is 35.5. The molecule has 0 aromatic rings. The van der Waals surface area contributed by atoms with Crippen molar-refractivity contribution < 1.29 is 0 Å². The minimum atomic E-state index is 0.587. The van der Waals surface area contributed by atoms with E-state index in [1.807, 2.05) is 6.07 Å². The van der Waals surface area contributed by atoms with Crippen LogP contribution in [-0.2, 0) is 0 Å². The molecule has 0 heterocycles. The summed E-state index contributed by atoms with van der Waals surface area (Å²) in [4.78, 5) is 0. The van der Waals surface area contributed by atoms with Crippen molar-refractivity contribution in [3.05, 3.63) is 0 Å². The highest BCUT2D eigenvalue weighted by molar-refractivity contribution is 6.17. The van der Waals surface area contributed by atoms with Crippen LogP contribution in [0.25, 0.3) is 0 Å². The quantitative estimate of drug-likeness (QED) is 0.296. The van der Waals surface area contributed by atoms with Crippen molar-refractivity contribution in [3.63, 3.8) is 0 Å². The van der Waals surface area contributed by atoms with Gasteiger partial charge in [-0.15, -0.1) is 11.6 Å². The van der Waals surface area contributed by atoms with E-state index in [1.54, 1.807) is 0 Å². The second-order valence-electron chi connectivity index (χ2n) is 0.951. The van der Waals surface area contributed by atoms with Gasteiger partial charge in [0.25, 0.3) is 0 Å². The molecule has 0 spiro atoms. The zero-order chi connectivity index (χ0) is 4.83. The molecule has 34 valence electrons. The number of halogens is 1. The molecule has 1 nitrogen and oxygen atoms in total. The number of nitriles is 1. The number of alkyl halides is 1. The van der Waals surface area contributed by atoms with Crippen LogP contribution in [0.3, 0.4) is 0 Å². The Morgan fingerprint density at radius 1 is 1.67 bits per heavy atom. The van der Waals surface area contributed by atoms with E-state index in [0.717, 1.165) is 6.42 Å². The summed E-state index contributed by atoms with van der Waals surface area (Å²) in [6.07, 6.45) is 1.40. The third-order valence-corrected chi connectivity index (χ3v) is 0.689. The van der Waals surface area contributed by atoms with E-state index in [9.17, 15) is 0 Å². The van der Waals surface area contributed by atoms with Gasteiger partial charge in [0.1, 0.15) is 0 Å². The summed E-state index contributed by atoms with van der Waals surface area (Å²) in [6, 6.07) is 1.98. The van der Waals surface area contributed by atoms with Crippen LogP contribution in [0.15, 0.2) is 0 Å². The van der Waals surface area contributed by atoms with Gasteiger partial charge in [-0.05, 0) is 6.42 Å². The number of hydrogen-bond acceptors (Lipinski definition) is 1. The molecule has 0 aromatic heterocycles. The van der Waals surface area contributed by atoms with Gasteiger partial charge in [-0.1, -0.05) is 0 Å². The molecule has 0 aliphatic carbocycles. The van der Waals surface area contributed by atoms with Crippen molar-refractivity contribution in [1.82, 2.24) is 0 Å². The number of rotatable bonds is 2. The van der Waals surface area contributed by atoms with Gasteiger partial charge in [0.05, 0.1) is 6.07 Å². The SMILES string of the molecule is N#[13C]CCCCl. The van der Waals surface area contributed by atoms with Crippen molar-refractivity contribution in [2.45, 2.75) is 12.8 Å². The van der Waals surface area contributed by atoms with Crippen molar-refractivity contribution in [3.8, 4) is 6.07 Å². The van der Waals surface area contributed by atoms with E-state index in [0.29, 0.717) is 12.3 Å². The van der Waals surface area contributed by atoms with Crippen molar-refractivity contribution >= 4 is 11.6 Å². The average Bonchev–Trinajstić information content (AvgIpc) is 1.61. The predicted octanol–water partition coefficient (Wildman–Crippen LogP) is 1.53. The van der Waals surface area contributed by atoms with Crippen LogP contribution in [0.5, 0.6) is 0 Å². The van der Waals surface area contributed by atoms with E-state index >= 15 is 0 Å². The molecule has 0 aliphatic heterocycles. The minimum absolute atomic E-state index is 0.587. The van der Waals surface area contributed by atoms with Gasteiger partial charge in [0.15, 0.2) is 0 Å². The normalized spacial score (nSPS) is 7.33. The van der Waals surface area contributed by atoms with Gasteiger partial charge in [-0.2, -0.15) is 5.26 Å². The van der Waals surface area contributed by atoms with Gasteiger partial charge in [-0.3, -0.25) is 0 Å². The molecule has 0 atom stereocenters. The summed E-state index contributed by atoms with van der Waals surface area (Å²) >= 11 is 5.23. The average molecular weight is 105 g/mol. The van der Waals surface area contributed by atoms with Gasteiger partial charge in [0, 0.05) is 12.3 Å². The fourth-order valence-corrected chi connectivity index (χ4v) is 0.280. The van der Waals surface area contributed by atoms with Crippen LogP contribution in [-0.4, -0.2) is 5.88 Å². The molecule has 0 saturated heterocycles. The summed E-state index contributed by atoms with van der Waals surface area (Å²) in [5.41, 5.74) is 0. The Bertz CT molecular complexity index is 55.1. The Balaban J connectivity index is 2.54. The molecule has 0 fully saturated rings. The lowest BCUT2D eigenvalue weighted by molar-refractivity contribution is 0.976. The van der Waals surface area contributed by atoms with Crippen LogP contribution in [0.4, 0.5) is 0 Å². The van der Waals surface area contributed by atoms with Crippen LogP contribution >= 0.6 is 11.6 Å². The summed E-state index contributed by atoms with van der Waals surface area (Å²) < 4.78 is 0. The molecule has 0 saturated carbocycles.